The van der Waals surface area contributed by atoms with Crippen molar-refractivity contribution in [1.82, 2.24) is 4.90 Å². The fraction of sp³-hybridized carbons (Fsp3) is 1.00. The van der Waals surface area contributed by atoms with Crippen molar-refractivity contribution < 1.29 is 4.74 Å². The van der Waals surface area contributed by atoms with Crippen LogP contribution in [0.15, 0.2) is 0 Å². The number of ether oxygens (including phenoxy) is 1. The molecule has 2 heteroatoms. The number of morpholine rings is 1. The second-order valence-electron chi connectivity index (χ2n) is 3.50. The Balaban J connectivity index is 2.29. The lowest BCUT2D eigenvalue weighted by molar-refractivity contribution is 0.0138. The zero-order valence-corrected chi connectivity index (χ0v) is 8.38. The summed E-state index contributed by atoms with van der Waals surface area (Å²) in [5.74, 6) is 0. The van der Waals surface area contributed by atoms with E-state index in [-0.39, 0.29) is 0 Å². The van der Waals surface area contributed by atoms with Gasteiger partial charge >= 0.3 is 0 Å². The fourth-order valence-corrected chi connectivity index (χ4v) is 1.92. The molecule has 2 nitrogen and oxygen atoms in total. The van der Waals surface area contributed by atoms with Crippen LogP contribution in [0.5, 0.6) is 0 Å². The van der Waals surface area contributed by atoms with Gasteiger partial charge in [0.2, 0.25) is 0 Å². The average molecular weight is 171 g/mol. The maximum Gasteiger partial charge on any atom is 0.0594 e. The van der Waals surface area contributed by atoms with Crippen LogP contribution >= 0.6 is 0 Å². The number of hydrogen-bond donors (Lipinski definition) is 0. The molecule has 1 heterocycles. The van der Waals surface area contributed by atoms with Crippen molar-refractivity contribution in [2.75, 3.05) is 26.3 Å². The van der Waals surface area contributed by atoms with E-state index in [4.69, 9.17) is 4.74 Å². The second-order valence-corrected chi connectivity index (χ2v) is 3.50. The quantitative estimate of drug-likeness (QED) is 0.640. The largest absolute Gasteiger partial charge is 0.379 e. The molecular formula is C10H21NO. The number of rotatable bonds is 4. The molecule has 0 bridgehead atoms. The van der Waals surface area contributed by atoms with Crippen LogP contribution in [0.2, 0.25) is 0 Å². The summed E-state index contributed by atoms with van der Waals surface area (Å²) in [6, 6.07) is 0.805. The molecule has 0 N–H and O–H groups in total. The van der Waals surface area contributed by atoms with Gasteiger partial charge in [-0.3, -0.25) is 4.90 Å². The van der Waals surface area contributed by atoms with Gasteiger partial charge in [-0.05, 0) is 12.8 Å². The van der Waals surface area contributed by atoms with Gasteiger partial charge in [-0.15, -0.1) is 0 Å². The maximum atomic E-state index is 5.33. The van der Waals surface area contributed by atoms with Gasteiger partial charge in [0.1, 0.15) is 0 Å². The lowest BCUT2D eigenvalue weighted by Gasteiger charge is -2.33. The van der Waals surface area contributed by atoms with Gasteiger partial charge in [-0.1, -0.05) is 20.3 Å². The molecule has 1 rings (SSSR count). The maximum absolute atomic E-state index is 5.33. The van der Waals surface area contributed by atoms with Gasteiger partial charge < -0.3 is 4.74 Å². The Morgan fingerprint density at radius 3 is 2.42 bits per heavy atom. The van der Waals surface area contributed by atoms with Crippen molar-refractivity contribution in [2.24, 2.45) is 0 Å². The summed E-state index contributed by atoms with van der Waals surface area (Å²) in [7, 11) is 0. The zero-order valence-electron chi connectivity index (χ0n) is 8.38. The number of hydrogen-bond acceptors (Lipinski definition) is 2. The minimum absolute atomic E-state index is 0.805. The molecule has 0 radical (unpaired) electrons. The van der Waals surface area contributed by atoms with Gasteiger partial charge in [0.25, 0.3) is 0 Å². The van der Waals surface area contributed by atoms with Gasteiger partial charge in [-0.25, -0.2) is 0 Å². The molecule has 0 aromatic carbocycles. The highest BCUT2D eigenvalue weighted by Crippen LogP contribution is 2.12. The van der Waals surface area contributed by atoms with Gasteiger partial charge in [0, 0.05) is 19.1 Å². The molecule has 1 aliphatic rings. The second kappa shape index (κ2) is 5.55. The predicted octanol–water partition coefficient (Wildman–Crippen LogP) is 1.90. The summed E-state index contributed by atoms with van der Waals surface area (Å²) in [5.41, 5.74) is 0. The average Bonchev–Trinajstić information content (AvgIpc) is 2.15. The van der Waals surface area contributed by atoms with Crippen molar-refractivity contribution in [3.8, 4) is 0 Å². The van der Waals surface area contributed by atoms with E-state index in [1.807, 2.05) is 0 Å². The Labute approximate surface area is 75.9 Å². The van der Waals surface area contributed by atoms with E-state index in [2.05, 4.69) is 18.7 Å². The zero-order chi connectivity index (χ0) is 8.81. The lowest BCUT2D eigenvalue weighted by atomic mass is 10.1. The number of nitrogens with zero attached hydrogens (tertiary/aromatic N) is 1. The van der Waals surface area contributed by atoms with Crippen LogP contribution in [0.3, 0.4) is 0 Å². The van der Waals surface area contributed by atoms with E-state index >= 15 is 0 Å². The topological polar surface area (TPSA) is 12.5 Å². The monoisotopic (exact) mass is 171 g/mol. The molecule has 0 aromatic rings. The smallest absolute Gasteiger partial charge is 0.0594 e. The van der Waals surface area contributed by atoms with Gasteiger partial charge in [-0.2, -0.15) is 0 Å². The molecule has 0 spiro atoms. The molecule has 1 saturated heterocycles. The van der Waals surface area contributed by atoms with Crippen LogP contribution in [0, 0.1) is 0 Å². The first-order valence-electron chi connectivity index (χ1n) is 5.20. The summed E-state index contributed by atoms with van der Waals surface area (Å²) < 4.78 is 5.33. The van der Waals surface area contributed by atoms with E-state index in [9.17, 15) is 0 Å². The highest BCUT2D eigenvalue weighted by atomic mass is 16.5. The minimum atomic E-state index is 0.805. The van der Waals surface area contributed by atoms with E-state index < -0.39 is 0 Å². The van der Waals surface area contributed by atoms with Crippen LogP contribution in [-0.4, -0.2) is 37.2 Å². The Bertz CT molecular complexity index is 108. The molecular weight excluding hydrogens is 150 g/mol. The molecule has 0 aromatic heterocycles. The Morgan fingerprint density at radius 1 is 1.25 bits per heavy atom. The van der Waals surface area contributed by atoms with Crippen molar-refractivity contribution in [3.05, 3.63) is 0 Å². The molecule has 1 atom stereocenters. The van der Waals surface area contributed by atoms with E-state index in [1.165, 1.54) is 19.3 Å². The third kappa shape index (κ3) is 2.76. The summed E-state index contributed by atoms with van der Waals surface area (Å²) in [4.78, 5) is 2.58. The van der Waals surface area contributed by atoms with Crippen LogP contribution in [-0.2, 0) is 4.74 Å². The first-order chi connectivity index (χ1) is 5.88. The Morgan fingerprint density at radius 2 is 1.92 bits per heavy atom. The summed E-state index contributed by atoms with van der Waals surface area (Å²) in [6.07, 6.45) is 3.93. The van der Waals surface area contributed by atoms with Crippen molar-refractivity contribution >= 4 is 0 Å². The normalized spacial score (nSPS) is 22.5. The van der Waals surface area contributed by atoms with Crippen LogP contribution in [0.1, 0.15) is 33.1 Å². The van der Waals surface area contributed by atoms with E-state index in [0.29, 0.717) is 0 Å². The minimum Gasteiger partial charge on any atom is -0.379 e. The SMILES string of the molecule is CCCC(CC)N1CCOCC1. The molecule has 12 heavy (non-hydrogen) atoms. The fourth-order valence-electron chi connectivity index (χ4n) is 1.92. The third-order valence-corrected chi connectivity index (χ3v) is 2.66. The first kappa shape index (κ1) is 10.0. The van der Waals surface area contributed by atoms with Crippen LogP contribution < -0.4 is 0 Å². The standard InChI is InChI=1S/C10H21NO/c1-3-5-10(4-2)11-6-8-12-9-7-11/h10H,3-9H2,1-2H3. The molecule has 1 aliphatic heterocycles. The van der Waals surface area contributed by atoms with Gasteiger partial charge in [0.05, 0.1) is 13.2 Å². The van der Waals surface area contributed by atoms with Crippen molar-refractivity contribution in [3.63, 3.8) is 0 Å². The van der Waals surface area contributed by atoms with Crippen LogP contribution in [0.25, 0.3) is 0 Å². The Kier molecular flexibility index (Phi) is 4.62. The lowest BCUT2D eigenvalue weighted by Crippen LogP contribution is -2.43. The highest BCUT2D eigenvalue weighted by Gasteiger charge is 2.17. The van der Waals surface area contributed by atoms with Crippen molar-refractivity contribution in [2.45, 2.75) is 39.2 Å². The molecule has 0 saturated carbocycles. The third-order valence-electron chi connectivity index (χ3n) is 2.66. The molecule has 0 aliphatic carbocycles. The van der Waals surface area contributed by atoms with Crippen LogP contribution in [0.4, 0.5) is 0 Å². The van der Waals surface area contributed by atoms with Crippen molar-refractivity contribution in [1.29, 1.82) is 0 Å². The molecule has 0 amide bonds. The summed E-state index contributed by atoms with van der Waals surface area (Å²) in [6.45, 7) is 8.69. The molecule has 1 fully saturated rings. The molecule has 1 unspecified atom stereocenters. The van der Waals surface area contributed by atoms with E-state index in [0.717, 1.165) is 32.3 Å². The Hall–Kier alpha value is -0.0800. The first-order valence-corrected chi connectivity index (χ1v) is 5.20. The van der Waals surface area contributed by atoms with E-state index in [1.54, 1.807) is 0 Å². The van der Waals surface area contributed by atoms with Gasteiger partial charge in [0.15, 0.2) is 0 Å². The molecule has 72 valence electrons. The predicted molar refractivity (Wildman–Crippen MR) is 51.4 cm³/mol. The summed E-state index contributed by atoms with van der Waals surface area (Å²) >= 11 is 0. The highest BCUT2D eigenvalue weighted by molar-refractivity contribution is 4.71. The summed E-state index contributed by atoms with van der Waals surface area (Å²) in [5, 5.41) is 0.